The van der Waals surface area contributed by atoms with Crippen LogP contribution in [0.4, 0.5) is 8.78 Å². The maximum absolute atomic E-state index is 13.3. The van der Waals surface area contributed by atoms with Crippen molar-refractivity contribution in [2.24, 2.45) is 0 Å². The molecule has 0 aliphatic carbocycles. The van der Waals surface area contributed by atoms with E-state index in [0.29, 0.717) is 0 Å². The maximum atomic E-state index is 13.3. The highest BCUT2D eigenvalue weighted by molar-refractivity contribution is 6.06. The molecule has 1 rings (SSSR count). The van der Waals surface area contributed by atoms with Crippen LogP contribution in [0.3, 0.4) is 0 Å². The highest BCUT2D eigenvalue weighted by Crippen LogP contribution is 2.23. The third kappa shape index (κ3) is 2.99. The molecule has 0 atom stereocenters. The van der Waals surface area contributed by atoms with Crippen LogP contribution >= 0.6 is 0 Å². The molecule has 6 heteroatoms. The first-order valence-corrected chi connectivity index (χ1v) is 4.62. The Labute approximate surface area is 96.1 Å². The maximum Gasteiger partial charge on any atom is 0.313 e. The second-order valence-electron chi connectivity index (χ2n) is 3.15. The van der Waals surface area contributed by atoms with Crippen molar-refractivity contribution in [3.8, 4) is 5.75 Å². The Morgan fingerprint density at radius 3 is 2.12 bits per heavy atom. The van der Waals surface area contributed by atoms with Gasteiger partial charge in [-0.25, -0.2) is 8.78 Å². The van der Waals surface area contributed by atoms with Gasteiger partial charge < -0.3 is 9.47 Å². The van der Waals surface area contributed by atoms with Crippen LogP contribution in [0.1, 0.15) is 16.8 Å². The molecule has 92 valence electrons. The van der Waals surface area contributed by atoms with Gasteiger partial charge in [-0.1, -0.05) is 0 Å². The summed E-state index contributed by atoms with van der Waals surface area (Å²) in [5, 5.41) is 0. The Bertz CT molecular complexity index is 434. The van der Waals surface area contributed by atoms with Crippen LogP contribution in [0.15, 0.2) is 12.1 Å². The van der Waals surface area contributed by atoms with Crippen LogP contribution in [-0.2, 0) is 9.53 Å². The summed E-state index contributed by atoms with van der Waals surface area (Å²) < 4.78 is 35.3. The second kappa shape index (κ2) is 5.38. The van der Waals surface area contributed by atoms with E-state index in [2.05, 4.69) is 9.47 Å². The molecule has 0 saturated carbocycles. The van der Waals surface area contributed by atoms with Crippen LogP contribution in [0.5, 0.6) is 5.75 Å². The molecule has 0 bridgehead atoms. The summed E-state index contributed by atoms with van der Waals surface area (Å²) in [6.07, 6.45) is -0.568. The van der Waals surface area contributed by atoms with Gasteiger partial charge in [0.15, 0.2) is 23.2 Å². The number of carbonyl (C=O) groups excluding carboxylic acids is 2. The Kier molecular flexibility index (Phi) is 4.14. The van der Waals surface area contributed by atoms with E-state index in [-0.39, 0.29) is 5.56 Å². The number of carbonyl (C=O) groups is 2. The molecule has 0 aromatic heterocycles. The van der Waals surface area contributed by atoms with Crippen molar-refractivity contribution in [2.75, 3.05) is 14.2 Å². The average molecular weight is 244 g/mol. The van der Waals surface area contributed by atoms with Crippen molar-refractivity contribution < 1.29 is 27.8 Å². The zero-order chi connectivity index (χ0) is 13.0. The molecular formula is C11H10F2O4. The number of methoxy groups -OCH3 is 2. The number of hydrogen-bond donors (Lipinski definition) is 0. The molecular weight excluding hydrogens is 234 g/mol. The minimum Gasteiger partial charge on any atom is -0.491 e. The average Bonchev–Trinajstić information content (AvgIpc) is 2.28. The number of ether oxygens (including phenoxy) is 2. The lowest BCUT2D eigenvalue weighted by Gasteiger charge is -2.05. The van der Waals surface area contributed by atoms with Gasteiger partial charge in [-0.15, -0.1) is 0 Å². The summed E-state index contributed by atoms with van der Waals surface area (Å²) in [7, 11) is 2.22. The molecule has 1 aromatic rings. The van der Waals surface area contributed by atoms with E-state index in [1.807, 2.05) is 0 Å². The van der Waals surface area contributed by atoms with E-state index in [9.17, 15) is 18.4 Å². The number of Topliss-reactive ketones (excluding diaryl/α,β-unsaturated/α-hetero) is 1. The van der Waals surface area contributed by atoms with Crippen molar-refractivity contribution in [2.45, 2.75) is 6.42 Å². The van der Waals surface area contributed by atoms with E-state index >= 15 is 0 Å². The number of hydrogen-bond acceptors (Lipinski definition) is 4. The smallest absolute Gasteiger partial charge is 0.313 e. The molecule has 0 unspecified atom stereocenters. The fourth-order valence-electron chi connectivity index (χ4n) is 1.22. The van der Waals surface area contributed by atoms with Crippen molar-refractivity contribution in [1.82, 2.24) is 0 Å². The molecule has 0 aliphatic rings. The topological polar surface area (TPSA) is 52.6 Å². The summed E-state index contributed by atoms with van der Waals surface area (Å²) in [4.78, 5) is 22.3. The van der Waals surface area contributed by atoms with Crippen LogP contribution < -0.4 is 4.74 Å². The molecule has 0 fully saturated rings. The molecule has 0 radical (unpaired) electrons. The Morgan fingerprint density at radius 2 is 1.71 bits per heavy atom. The molecule has 0 amide bonds. The van der Waals surface area contributed by atoms with Gasteiger partial charge >= 0.3 is 5.97 Å². The third-order valence-electron chi connectivity index (χ3n) is 2.06. The van der Waals surface area contributed by atoms with Crippen molar-refractivity contribution >= 4 is 11.8 Å². The summed E-state index contributed by atoms with van der Waals surface area (Å²) >= 11 is 0. The number of benzene rings is 1. The van der Waals surface area contributed by atoms with Crippen molar-refractivity contribution in [1.29, 1.82) is 0 Å². The summed E-state index contributed by atoms with van der Waals surface area (Å²) in [6, 6.07) is 1.63. The SMILES string of the molecule is COC(=O)CC(=O)c1cc(F)c(OC)c(F)c1. The van der Waals surface area contributed by atoms with E-state index < -0.39 is 35.6 Å². The quantitative estimate of drug-likeness (QED) is 0.459. The highest BCUT2D eigenvalue weighted by atomic mass is 19.1. The van der Waals surface area contributed by atoms with Crippen LogP contribution in [-0.4, -0.2) is 26.0 Å². The van der Waals surface area contributed by atoms with Gasteiger partial charge in [-0.05, 0) is 12.1 Å². The monoisotopic (exact) mass is 244 g/mol. The van der Waals surface area contributed by atoms with Crippen molar-refractivity contribution in [3.05, 3.63) is 29.3 Å². The summed E-state index contributed by atoms with van der Waals surface area (Å²) in [6.45, 7) is 0. The molecule has 0 N–H and O–H groups in total. The third-order valence-corrected chi connectivity index (χ3v) is 2.06. The van der Waals surface area contributed by atoms with Gasteiger partial charge in [-0.3, -0.25) is 9.59 Å². The van der Waals surface area contributed by atoms with E-state index in [1.54, 1.807) is 0 Å². The van der Waals surface area contributed by atoms with Gasteiger partial charge in [0.25, 0.3) is 0 Å². The summed E-state index contributed by atoms with van der Waals surface area (Å²) in [5.74, 6) is -4.06. The standard InChI is InChI=1S/C11H10F2O4/c1-16-10(15)5-9(14)6-3-7(12)11(17-2)8(13)4-6/h3-4H,5H2,1-2H3. The van der Waals surface area contributed by atoms with Crippen LogP contribution in [0.2, 0.25) is 0 Å². The first-order valence-electron chi connectivity index (χ1n) is 4.62. The molecule has 1 aromatic carbocycles. The lowest BCUT2D eigenvalue weighted by molar-refractivity contribution is -0.139. The first kappa shape index (κ1) is 13.1. The normalized spacial score (nSPS) is 9.88. The van der Waals surface area contributed by atoms with E-state index in [4.69, 9.17) is 0 Å². The number of ketones is 1. The second-order valence-corrected chi connectivity index (χ2v) is 3.15. The van der Waals surface area contributed by atoms with Gasteiger partial charge in [0.1, 0.15) is 6.42 Å². The van der Waals surface area contributed by atoms with Crippen LogP contribution in [0.25, 0.3) is 0 Å². The lowest BCUT2D eigenvalue weighted by atomic mass is 10.1. The van der Waals surface area contributed by atoms with Gasteiger partial charge in [0, 0.05) is 5.56 Å². The molecule has 0 aliphatic heterocycles. The fraction of sp³-hybridized carbons (Fsp3) is 0.273. The Hall–Kier alpha value is -1.98. The zero-order valence-electron chi connectivity index (χ0n) is 9.25. The Balaban J connectivity index is 3.00. The van der Waals surface area contributed by atoms with Gasteiger partial charge in [0.2, 0.25) is 0 Å². The zero-order valence-corrected chi connectivity index (χ0v) is 9.25. The van der Waals surface area contributed by atoms with Crippen LogP contribution in [0, 0.1) is 11.6 Å². The first-order chi connectivity index (χ1) is 7.99. The number of rotatable bonds is 4. The van der Waals surface area contributed by atoms with Crippen molar-refractivity contribution in [3.63, 3.8) is 0 Å². The minimum atomic E-state index is -0.999. The molecule has 17 heavy (non-hydrogen) atoms. The van der Waals surface area contributed by atoms with Gasteiger partial charge in [-0.2, -0.15) is 0 Å². The van der Waals surface area contributed by atoms with E-state index in [0.717, 1.165) is 26.4 Å². The summed E-state index contributed by atoms with van der Waals surface area (Å²) in [5.41, 5.74) is -0.244. The molecule has 4 nitrogen and oxygen atoms in total. The minimum absolute atomic E-state index is 0.244. The number of halogens is 2. The largest absolute Gasteiger partial charge is 0.491 e. The highest BCUT2D eigenvalue weighted by Gasteiger charge is 2.17. The predicted molar refractivity (Wildman–Crippen MR) is 53.9 cm³/mol. The molecule has 0 saturated heterocycles. The Morgan fingerprint density at radius 1 is 1.18 bits per heavy atom. The lowest BCUT2D eigenvalue weighted by Crippen LogP contribution is -2.10. The molecule has 0 heterocycles. The number of esters is 1. The van der Waals surface area contributed by atoms with Gasteiger partial charge in [0.05, 0.1) is 14.2 Å². The molecule has 0 spiro atoms. The fourth-order valence-corrected chi connectivity index (χ4v) is 1.22. The van der Waals surface area contributed by atoms with E-state index in [1.165, 1.54) is 0 Å². The predicted octanol–water partition coefficient (Wildman–Crippen LogP) is 1.72.